The minimum absolute atomic E-state index is 0.0705. The van der Waals surface area contributed by atoms with Crippen LogP contribution in [0.3, 0.4) is 0 Å². The van der Waals surface area contributed by atoms with Crippen molar-refractivity contribution in [3.8, 4) is 0 Å². The van der Waals surface area contributed by atoms with E-state index in [1.807, 2.05) is 54.2 Å². The fourth-order valence-corrected chi connectivity index (χ4v) is 1.66. The van der Waals surface area contributed by atoms with E-state index in [0.717, 1.165) is 5.69 Å². The van der Waals surface area contributed by atoms with Crippen molar-refractivity contribution in [2.75, 3.05) is 5.32 Å². The zero-order chi connectivity index (χ0) is 12.8. The summed E-state index contributed by atoms with van der Waals surface area (Å²) >= 11 is 0. The van der Waals surface area contributed by atoms with E-state index >= 15 is 0 Å². The lowest BCUT2D eigenvalue weighted by atomic mass is 10.3. The van der Waals surface area contributed by atoms with Crippen molar-refractivity contribution < 1.29 is 0 Å². The van der Waals surface area contributed by atoms with Crippen LogP contribution in [0, 0.1) is 0 Å². The molecule has 2 aromatic rings. The first-order valence-corrected chi connectivity index (χ1v) is 5.87. The van der Waals surface area contributed by atoms with Crippen LogP contribution in [0.1, 0.15) is 6.92 Å². The number of hydrogen-bond acceptors (Lipinski definition) is 2. The van der Waals surface area contributed by atoms with E-state index < -0.39 is 0 Å². The standard InChI is InChI=1S/C13H17N5/c1-11(10-18-9-5-8-15-18)16-13(14)17-12-6-3-2-4-7-12/h2-9,11H,10H2,1H3,(H3,14,16,17). The van der Waals surface area contributed by atoms with Gasteiger partial charge in [0.1, 0.15) is 0 Å². The third kappa shape index (κ3) is 3.62. The molecule has 5 nitrogen and oxygen atoms in total. The first-order chi connectivity index (χ1) is 8.74. The lowest BCUT2D eigenvalue weighted by Crippen LogP contribution is -2.25. The summed E-state index contributed by atoms with van der Waals surface area (Å²) < 4.78 is 1.84. The second-order valence-corrected chi connectivity index (χ2v) is 4.08. The van der Waals surface area contributed by atoms with E-state index in [2.05, 4.69) is 15.4 Å². The molecule has 0 fully saturated rings. The molecule has 0 aliphatic carbocycles. The zero-order valence-corrected chi connectivity index (χ0v) is 10.3. The van der Waals surface area contributed by atoms with E-state index in [1.54, 1.807) is 6.20 Å². The molecule has 0 amide bonds. The van der Waals surface area contributed by atoms with Gasteiger partial charge in [-0.15, -0.1) is 0 Å². The number of benzene rings is 1. The monoisotopic (exact) mass is 243 g/mol. The van der Waals surface area contributed by atoms with Gasteiger partial charge in [-0.1, -0.05) is 18.2 Å². The molecule has 0 saturated heterocycles. The molecule has 1 heterocycles. The summed E-state index contributed by atoms with van der Waals surface area (Å²) in [5, 5.41) is 7.18. The zero-order valence-electron chi connectivity index (χ0n) is 10.3. The average Bonchev–Trinajstić information content (AvgIpc) is 2.82. The Morgan fingerprint density at radius 1 is 1.39 bits per heavy atom. The number of nitrogens with one attached hydrogen (secondary N) is 1. The molecule has 0 spiro atoms. The number of nitrogens with zero attached hydrogens (tertiary/aromatic N) is 3. The van der Waals surface area contributed by atoms with Crippen molar-refractivity contribution in [2.24, 2.45) is 10.7 Å². The Bertz CT molecular complexity index is 489. The van der Waals surface area contributed by atoms with Gasteiger partial charge in [-0.2, -0.15) is 5.10 Å². The van der Waals surface area contributed by atoms with E-state index in [1.165, 1.54) is 0 Å². The van der Waals surface area contributed by atoms with Gasteiger partial charge >= 0.3 is 0 Å². The minimum atomic E-state index is 0.0705. The quantitative estimate of drug-likeness (QED) is 0.634. The summed E-state index contributed by atoms with van der Waals surface area (Å²) in [6.07, 6.45) is 3.66. The fraction of sp³-hybridized carbons (Fsp3) is 0.231. The lowest BCUT2D eigenvalue weighted by Gasteiger charge is -2.10. The van der Waals surface area contributed by atoms with Gasteiger partial charge in [0, 0.05) is 18.1 Å². The first kappa shape index (κ1) is 12.2. The predicted octanol–water partition coefficient (Wildman–Crippen LogP) is 1.70. The van der Waals surface area contributed by atoms with Crippen LogP contribution in [0.15, 0.2) is 53.8 Å². The van der Waals surface area contributed by atoms with Gasteiger partial charge in [0.2, 0.25) is 0 Å². The number of aromatic nitrogens is 2. The van der Waals surface area contributed by atoms with Crippen LogP contribution >= 0.6 is 0 Å². The molecule has 1 aromatic heterocycles. The van der Waals surface area contributed by atoms with E-state index in [4.69, 9.17) is 5.73 Å². The molecule has 1 unspecified atom stereocenters. The molecule has 0 aliphatic rings. The van der Waals surface area contributed by atoms with Crippen molar-refractivity contribution in [1.29, 1.82) is 0 Å². The Hall–Kier alpha value is -2.30. The Morgan fingerprint density at radius 2 is 2.17 bits per heavy atom. The van der Waals surface area contributed by atoms with E-state index in [0.29, 0.717) is 12.5 Å². The van der Waals surface area contributed by atoms with Gasteiger partial charge in [-0.05, 0) is 25.1 Å². The molecule has 5 heteroatoms. The number of rotatable bonds is 4. The molecule has 94 valence electrons. The summed E-state index contributed by atoms with van der Waals surface area (Å²) in [6, 6.07) is 11.7. The highest BCUT2D eigenvalue weighted by atomic mass is 15.3. The first-order valence-electron chi connectivity index (χ1n) is 5.87. The van der Waals surface area contributed by atoms with Crippen LogP contribution in [0.4, 0.5) is 5.69 Å². The van der Waals surface area contributed by atoms with Gasteiger partial charge in [0.05, 0.1) is 12.6 Å². The van der Waals surface area contributed by atoms with Crippen LogP contribution < -0.4 is 11.1 Å². The minimum Gasteiger partial charge on any atom is -0.370 e. The molecule has 0 radical (unpaired) electrons. The van der Waals surface area contributed by atoms with Gasteiger partial charge in [-0.3, -0.25) is 4.68 Å². The van der Waals surface area contributed by atoms with E-state index in [-0.39, 0.29) is 6.04 Å². The molecule has 1 atom stereocenters. The molecule has 0 saturated carbocycles. The molecule has 2 rings (SSSR count). The maximum Gasteiger partial charge on any atom is 0.193 e. The van der Waals surface area contributed by atoms with E-state index in [9.17, 15) is 0 Å². The van der Waals surface area contributed by atoms with Gasteiger partial charge in [-0.25, -0.2) is 4.99 Å². The topological polar surface area (TPSA) is 68.2 Å². The Kier molecular flexibility index (Phi) is 3.96. The third-order valence-corrected chi connectivity index (χ3v) is 2.42. The Morgan fingerprint density at radius 3 is 2.83 bits per heavy atom. The molecule has 3 N–H and O–H groups in total. The summed E-state index contributed by atoms with van der Waals surface area (Å²) in [4.78, 5) is 4.37. The van der Waals surface area contributed by atoms with Crippen LogP contribution in [0.25, 0.3) is 0 Å². The highest BCUT2D eigenvalue weighted by Crippen LogP contribution is 2.04. The Balaban J connectivity index is 1.91. The second kappa shape index (κ2) is 5.86. The van der Waals surface area contributed by atoms with Crippen molar-refractivity contribution in [1.82, 2.24) is 9.78 Å². The van der Waals surface area contributed by atoms with Crippen LogP contribution in [0.5, 0.6) is 0 Å². The number of aliphatic imine (C=N–C) groups is 1. The maximum atomic E-state index is 5.84. The summed E-state index contributed by atoms with van der Waals surface area (Å²) in [6.45, 7) is 2.71. The van der Waals surface area contributed by atoms with Gasteiger partial charge in [0.15, 0.2) is 5.96 Å². The average molecular weight is 243 g/mol. The van der Waals surface area contributed by atoms with Crippen LogP contribution in [0.2, 0.25) is 0 Å². The lowest BCUT2D eigenvalue weighted by molar-refractivity contribution is 0.540. The number of hydrogen-bond donors (Lipinski definition) is 2. The normalized spacial score (nSPS) is 13.3. The Labute approximate surface area is 106 Å². The highest BCUT2D eigenvalue weighted by molar-refractivity contribution is 5.92. The molecule has 18 heavy (non-hydrogen) atoms. The molecular formula is C13H17N5. The van der Waals surface area contributed by atoms with Crippen molar-refractivity contribution in [2.45, 2.75) is 19.5 Å². The van der Waals surface area contributed by atoms with Crippen molar-refractivity contribution in [3.63, 3.8) is 0 Å². The summed E-state index contributed by atoms with van der Waals surface area (Å²) in [5.74, 6) is 0.417. The summed E-state index contributed by atoms with van der Waals surface area (Å²) in [7, 11) is 0. The van der Waals surface area contributed by atoms with Gasteiger partial charge < -0.3 is 11.1 Å². The second-order valence-electron chi connectivity index (χ2n) is 4.08. The largest absolute Gasteiger partial charge is 0.370 e. The molecule has 0 bridgehead atoms. The van der Waals surface area contributed by atoms with Crippen molar-refractivity contribution >= 4 is 11.6 Å². The summed E-state index contributed by atoms with van der Waals surface area (Å²) in [5.41, 5.74) is 6.78. The fourth-order valence-electron chi connectivity index (χ4n) is 1.66. The molecule has 1 aromatic carbocycles. The number of nitrogens with two attached hydrogens (primary N) is 1. The predicted molar refractivity (Wildman–Crippen MR) is 73.4 cm³/mol. The SMILES string of the molecule is CC(Cn1cccn1)N=C(N)Nc1ccccc1. The third-order valence-electron chi connectivity index (χ3n) is 2.42. The molecule has 0 aliphatic heterocycles. The number of anilines is 1. The smallest absolute Gasteiger partial charge is 0.193 e. The maximum absolute atomic E-state index is 5.84. The van der Waals surface area contributed by atoms with Crippen LogP contribution in [-0.4, -0.2) is 21.8 Å². The molecular weight excluding hydrogens is 226 g/mol. The highest BCUT2D eigenvalue weighted by Gasteiger charge is 2.02. The van der Waals surface area contributed by atoms with Crippen LogP contribution in [-0.2, 0) is 6.54 Å². The number of guanidine groups is 1. The number of para-hydroxylation sites is 1. The van der Waals surface area contributed by atoms with Crippen molar-refractivity contribution in [3.05, 3.63) is 48.8 Å². The van der Waals surface area contributed by atoms with Gasteiger partial charge in [0.25, 0.3) is 0 Å².